The van der Waals surface area contributed by atoms with E-state index < -0.39 is 23.3 Å². The third-order valence-electron chi connectivity index (χ3n) is 6.25. The predicted molar refractivity (Wildman–Crippen MR) is 126 cm³/mol. The molecule has 1 amide bonds. The van der Waals surface area contributed by atoms with E-state index in [-0.39, 0.29) is 11.7 Å². The van der Waals surface area contributed by atoms with Crippen LogP contribution in [0.5, 0.6) is 5.88 Å². The molecule has 2 aromatic heterocycles. The van der Waals surface area contributed by atoms with E-state index in [1.165, 1.54) is 35.1 Å². The number of amides is 1. The molecule has 0 saturated carbocycles. The van der Waals surface area contributed by atoms with E-state index in [2.05, 4.69) is 44.5 Å². The molecule has 0 aliphatic carbocycles. The highest BCUT2D eigenvalue weighted by atomic mass is 19.4. The van der Waals surface area contributed by atoms with Crippen LogP contribution in [-0.4, -0.2) is 69.0 Å². The van der Waals surface area contributed by atoms with Gasteiger partial charge in [-0.1, -0.05) is 42.5 Å². The molecule has 4 aromatic rings. The molecule has 0 unspecified atom stereocenters. The molecule has 186 valence electrons. The first kappa shape index (κ1) is 23.7. The standard InChI is InChI=1S/C25H23F3N6O2/c1-36-22-10-9-21(30-31-22)34-23(25(26,27)28)20(15-29-34)24(35)33-13-11-32(12-14-33)16-18-7-4-6-17-5-2-3-8-19(17)18/h2-10,15H,11-14,16H2,1H3. The zero-order valence-corrected chi connectivity index (χ0v) is 19.4. The van der Waals surface area contributed by atoms with E-state index in [0.29, 0.717) is 37.4 Å². The number of alkyl halides is 3. The van der Waals surface area contributed by atoms with Crippen molar-refractivity contribution in [3.8, 4) is 11.7 Å². The zero-order valence-electron chi connectivity index (χ0n) is 19.4. The van der Waals surface area contributed by atoms with Gasteiger partial charge in [0, 0.05) is 38.8 Å². The van der Waals surface area contributed by atoms with Gasteiger partial charge in [0.05, 0.1) is 18.9 Å². The van der Waals surface area contributed by atoms with Gasteiger partial charge in [-0.25, -0.2) is 4.68 Å². The average molecular weight is 496 g/mol. The molecular formula is C25H23F3N6O2. The Morgan fingerprint density at radius 1 is 0.972 bits per heavy atom. The summed E-state index contributed by atoms with van der Waals surface area (Å²) in [6.07, 6.45) is -3.88. The predicted octanol–water partition coefficient (Wildman–Crippen LogP) is 3.80. The molecule has 0 bridgehead atoms. The van der Waals surface area contributed by atoms with Crippen molar-refractivity contribution >= 4 is 16.7 Å². The van der Waals surface area contributed by atoms with E-state index >= 15 is 0 Å². The Hall–Kier alpha value is -3.99. The second kappa shape index (κ2) is 9.57. The highest BCUT2D eigenvalue weighted by Gasteiger charge is 2.42. The van der Waals surface area contributed by atoms with E-state index in [0.717, 1.165) is 11.6 Å². The van der Waals surface area contributed by atoms with Gasteiger partial charge in [-0.15, -0.1) is 10.2 Å². The number of piperazine rings is 1. The Morgan fingerprint density at radius 3 is 2.42 bits per heavy atom. The number of ether oxygens (including phenoxy) is 1. The first-order valence-electron chi connectivity index (χ1n) is 11.4. The van der Waals surface area contributed by atoms with Crippen LogP contribution in [0.2, 0.25) is 0 Å². The van der Waals surface area contributed by atoms with Gasteiger partial charge in [0.25, 0.3) is 5.91 Å². The molecule has 1 fully saturated rings. The topological polar surface area (TPSA) is 76.4 Å². The molecule has 1 saturated heterocycles. The summed E-state index contributed by atoms with van der Waals surface area (Å²) >= 11 is 0. The number of carbonyl (C=O) groups is 1. The van der Waals surface area contributed by atoms with E-state index in [4.69, 9.17) is 4.74 Å². The summed E-state index contributed by atoms with van der Waals surface area (Å²) in [5.74, 6) is -0.723. The summed E-state index contributed by atoms with van der Waals surface area (Å²) < 4.78 is 47.6. The van der Waals surface area contributed by atoms with Crippen molar-refractivity contribution in [1.82, 2.24) is 29.8 Å². The summed E-state index contributed by atoms with van der Waals surface area (Å²) in [5, 5.41) is 13.6. The fraction of sp³-hybridized carbons (Fsp3) is 0.280. The lowest BCUT2D eigenvalue weighted by molar-refractivity contribution is -0.143. The number of halogens is 3. The highest BCUT2D eigenvalue weighted by molar-refractivity contribution is 5.95. The van der Waals surface area contributed by atoms with E-state index in [9.17, 15) is 18.0 Å². The normalized spacial score (nSPS) is 14.8. The van der Waals surface area contributed by atoms with Crippen molar-refractivity contribution in [2.75, 3.05) is 33.3 Å². The smallest absolute Gasteiger partial charge is 0.434 e. The Morgan fingerprint density at radius 2 is 1.72 bits per heavy atom. The second-order valence-corrected chi connectivity index (χ2v) is 8.46. The maximum atomic E-state index is 14.0. The number of hydrogen-bond acceptors (Lipinski definition) is 6. The van der Waals surface area contributed by atoms with Gasteiger partial charge >= 0.3 is 6.18 Å². The number of carbonyl (C=O) groups excluding carboxylic acids is 1. The largest absolute Gasteiger partial charge is 0.480 e. The number of aromatic nitrogens is 4. The third kappa shape index (κ3) is 4.61. The molecule has 2 aromatic carbocycles. The SMILES string of the molecule is COc1ccc(-n2ncc(C(=O)N3CCN(Cc4cccc5ccccc45)CC3)c2C(F)(F)F)nn1. The van der Waals surface area contributed by atoms with Crippen LogP contribution in [0.1, 0.15) is 21.6 Å². The van der Waals surface area contributed by atoms with Crippen LogP contribution in [0, 0.1) is 0 Å². The van der Waals surface area contributed by atoms with Crippen molar-refractivity contribution in [1.29, 1.82) is 0 Å². The summed E-state index contributed by atoms with van der Waals surface area (Å²) in [4.78, 5) is 16.8. The third-order valence-corrected chi connectivity index (χ3v) is 6.25. The average Bonchev–Trinajstić information content (AvgIpc) is 3.35. The maximum Gasteiger partial charge on any atom is 0.434 e. The summed E-state index contributed by atoms with van der Waals surface area (Å²) in [6.45, 7) is 2.43. The van der Waals surface area contributed by atoms with Crippen LogP contribution < -0.4 is 4.74 Å². The van der Waals surface area contributed by atoms with Crippen molar-refractivity contribution in [3.05, 3.63) is 77.6 Å². The lowest BCUT2D eigenvalue weighted by atomic mass is 10.0. The van der Waals surface area contributed by atoms with Gasteiger partial charge in [0.15, 0.2) is 11.5 Å². The van der Waals surface area contributed by atoms with Gasteiger partial charge in [0.1, 0.15) is 0 Å². The number of fused-ring (bicyclic) bond motifs is 1. The van der Waals surface area contributed by atoms with Gasteiger partial charge in [0.2, 0.25) is 5.88 Å². The fourth-order valence-electron chi connectivity index (χ4n) is 4.44. The Balaban J connectivity index is 1.32. The number of nitrogens with zero attached hydrogens (tertiary/aromatic N) is 6. The van der Waals surface area contributed by atoms with Crippen LogP contribution in [0.25, 0.3) is 16.6 Å². The molecule has 1 aliphatic rings. The number of hydrogen-bond donors (Lipinski definition) is 0. The Kier molecular flexibility index (Phi) is 6.31. The van der Waals surface area contributed by atoms with Crippen LogP contribution in [-0.2, 0) is 12.7 Å². The molecule has 8 nitrogen and oxygen atoms in total. The lowest BCUT2D eigenvalue weighted by Crippen LogP contribution is -2.48. The maximum absolute atomic E-state index is 14.0. The van der Waals surface area contributed by atoms with E-state index in [1.807, 2.05) is 18.2 Å². The minimum atomic E-state index is -4.82. The quantitative estimate of drug-likeness (QED) is 0.419. The summed E-state index contributed by atoms with van der Waals surface area (Å²) in [6, 6.07) is 17.0. The van der Waals surface area contributed by atoms with Crippen molar-refractivity contribution in [3.63, 3.8) is 0 Å². The molecule has 3 heterocycles. The molecule has 5 rings (SSSR count). The minimum Gasteiger partial charge on any atom is -0.480 e. The second-order valence-electron chi connectivity index (χ2n) is 8.46. The van der Waals surface area contributed by atoms with Crippen molar-refractivity contribution in [2.45, 2.75) is 12.7 Å². The van der Waals surface area contributed by atoms with Gasteiger partial charge in [-0.05, 0) is 22.4 Å². The number of benzene rings is 2. The first-order chi connectivity index (χ1) is 17.3. The zero-order chi connectivity index (χ0) is 25.3. The molecule has 0 atom stereocenters. The first-order valence-corrected chi connectivity index (χ1v) is 11.4. The van der Waals surface area contributed by atoms with Gasteiger partial charge in [-0.2, -0.15) is 18.3 Å². The number of methoxy groups -OCH3 is 1. The van der Waals surface area contributed by atoms with Gasteiger partial charge in [-0.3, -0.25) is 9.69 Å². The molecule has 1 aliphatic heterocycles. The molecule has 0 spiro atoms. The molecule has 0 radical (unpaired) electrons. The van der Waals surface area contributed by atoms with Gasteiger partial charge < -0.3 is 9.64 Å². The van der Waals surface area contributed by atoms with Crippen LogP contribution in [0.4, 0.5) is 13.2 Å². The Bertz CT molecular complexity index is 1370. The fourth-order valence-corrected chi connectivity index (χ4v) is 4.44. The molecule has 0 N–H and O–H groups in total. The summed E-state index contributed by atoms with van der Waals surface area (Å²) in [5.41, 5.74) is -0.512. The van der Waals surface area contributed by atoms with Crippen LogP contribution in [0.15, 0.2) is 60.8 Å². The van der Waals surface area contributed by atoms with E-state index in [1.54, 1.807) is 0 Å². The monoisotopic (exact) mass is 496 g/mol. The number of rotatable bonds is 5. The van der Waals surface area contributed by atoms with Crippen LogP contribution in [0.3, 0.4) is 0 Å². The lowest BCUT2D eigenvalue weighted by Gasteiger charge is -2.35. The summed E-state index contributed by atoms with van der Waals surface area (Å²) in [7, 11) is 1.37. The van der Waals surface area contributed by atoms with Crippen molar-refractivity contribution < 1.29 is 22.7 Å². The van der Waals surface area contributed by atoms with Crippen molar-refractivity contribution in [2.24, 2.45) is 0 Å². The molecular weight excluding hydrogens is 473 g/mol. The molecule has 36 heavy (non-hydrogen) atoms. The minimum absolute atomic E-state index is 0.150. The highest BCUT2D eigenvalue weighted by Crippen LogP contribution is 2.34. The Labute approximate surface area is 204 Å². The molecule has 11 heteroatoms. The van der Waals surface area contributed by atoms with Crippen LogP contribution >= 0.6 is 0 Å².